The average molecular weight is 211 g/mol. The Morgan fingerprint density at radius 1 is 1.27 bits per heavy atom. The number of hydrogen-bond donors (Lipinski definition) is 2. The highest BCUT2D eigenvalue weighted by Gasteiger charge is 2.24. The Kier molecular flexibility index (Phi) is 3.14. The fourth-order valence-electron chi connectivity index (χ4n) is 1.46. The number of nitrogens with one attached hydrogen (secondary N) is 1. The lowest BCUT2D eigenvalue weighted by Crippen LogP contribution is -2.25. The summed E-state index contributed by atoms with van der Waals surface area (Å²) in [4.78, 5) is 22.2. The van der Waals surface area contributed by atoms with E-state index in [0.29, 0.717) is 17.0 Å². The van der Waals surface area contributed by atoms with Crippen molar-refractivity contribution in [2.24, 2.45) is 0 Å². The maximum absolute atomic E-state index is 11.3. The zero-order chi connectivity index (χ0) is 11.6. The van der Waals surface area contributed by atoms with Crippen LogP contribution in [0.4, 0.5) is 0 Å². The molecule has 0 spiro atoms. The van der Waals surface area contributed by atoms with Crippen molar-refractivity contribution >= 4 is 11.9 Å². The van der Waals surface area contributed by atoms with E-state index in [0.717, 1.165) is 0 Å². The summed E-state index contributed by atoms with van der Waals surface area (Å²) in [5.41, 5.74) is 1.76. The van der Waals surface area contributed by atoms with Crippen molar-refractivity contribution in [2.45, 2.75) is 20.3 Å². The number of esters is 1. The molecule has 0 aromatic carbocycles. The molecule has 0 atom stereocenters. The van der Waals surface area contributed by atoms with Gasteiger partial charge in [0, 0.05) is 17.8 Å². The number of ether oxygens (including phenoxy) is 1. The molecule has 0 bridgehead atoms. The molecule has 82 valence electrons. The highest BCUT2D eigenvalue weighted by Crippen LogP contribution is 2.23. The number of rotatable bonds is 2. The monoisotopic (exact) mass is 211 g/mol. The fourth-order valence-corrected chi connectivity index (χ4v) is 1.46. The Balaban J connectivity index is 3.00. The Hall–Kier alpha value is -1.78. The van der Waals surface area contributed by atoms with Gasteiger partial charge in [-0.1, -0.05) is 0 Å². The van der Waals surface area contributed by atoms with Gasteiger partial charge in [0.05, 0.1) is 18.3 Å². The molecule has 2 N–H and O–H groups in total. The molecule has 0 amide bonds. The van der Waals surface area contributed by atoms with Crippen LogP contribution in [-0.4, -0.2) is 24.2 Å². The van der Waals surface area contributed by atoms with Crippen LogP contribution in [0.3, 0.4) is 0 Å². The van der Waals surface area contributed by atoms with Gasteiger partial charge in [0.2, 0.25) is 0 Å². The Bertz CT molecular complexity index is 379. The van der Waals surface area contributed by atoms with Gasteiger partial charge in [0.25, 0.3) is 0 Å². The molecule has 0 fully saturated rings. The molecular weight excluding hydrogens is 198 g/mol. The number of methoxy groups -OCH3 is 1. The average Bonchev–Trinajstić information content (AvgIpc) is 2.16. The minimum atomic E-state index is -1.02. The van der Waals surface area contributed by atoms with Gasteiger partial charge in [-0.25, -0.2) is 9.59 Å². The molecule has 5 nitrogen and oxygen atoms in total. The van der Waals surface area contributed by atoms with E-state index in [4.69, 9.17) is 5.11 Å². The normalized spacial score (nSPS) is 16.2. The molecule has 0 unspecified atom stereocenters. The van der Waals surface area contributed by atoms with E-state index in [1.165, 1.54) is 7.11 Å². The van der Waals surface area contributed by atoms with Crippen LogP contribution < -0.4 is 5.32 Å². The third kappa shape index (κ3) is 2.18. The minimum absolute atomic E-state index is 0.104. The smallest absolute Gasteiger partial charge is 0.335 e. The van der Waals surface area contributed by atoms with E-state index in [9.17, 15) is 9.59 Å². The summed E-state index contributed by atoms with van der Waals surface area (Å²) in [6.07, 6.45) is 0.104. The molecule has 1 heterocycles. The van der Waals surface area contributed by atoms with Crippen LogP contribution in [0.2, 0.25) is 0 Å². The number of carbonyl (C=O) groups is 2. The third-order valence-corrected chi connectivity index (χ3v) is 2.32. The lowest BCUT2D eigenvalue weighted by molar-refractivity contribution is -0.136. The van der Waals surface area contributed by atoms with E-state index in [1.54, 1.807) is 13.8 Å². The van der Waals surface area contributed by atoms with Crippen molar-refractivity contribution in [3.8, 4) is 0 Å². The van der Waals surface area contributed by atoms with Gasteiger partial charge < -0.3 is 15.2 Å². The third-order valence-electron chi connectivity index (χ3n) is 2.32. The maximum atomic E-state index is 11.3. The molecule has 5 heteroatoms. The number of dihydropyridines is 1. The molecule has 1 aliphatic rings. The van der Waals surface area contributed by atoms with E-state index in [2.05, 4.69) is 10.1 Å². The lowest BCUT2D eigenvalue weighted by atomic mass is 9.98. The highest BCUT2D eigenvalue weighted by molar-refractivity contribution is 5.95. The van der Waals surface area contributed by atoms with Gasteiger partial charge in [-0.2, -0.15) is 0 Å². The highest BCUT2D eigenvalue weighted by atomic mass is 16.5. The van der Waals surface area contributed by atoms with Crippen LogP contribution >= 0.6 is 0 Å². The summed E-state index contributed by atoms with van der Waals surface area (Å²) >= 11 is 0. The number of aliphatic carboxylic acids is 1. The van der Waals surface area contributed by atoms with Gasteiger partial charge in [-0.15, -0.1) is 0 Å². The van der Waals surface area contributed by atoms with Gasteiger partial charge in [-0.3, -0.25) is 0 Å². The summed E-state index contributed by atoms with van der Waals surface area (Å²) in [6.45, 7) is 3.38. The molecule has 0 saturated carbocycles. The minimum Gasteiger partial charge on any atom is -0.478 e. The van der Waals surface area contributed by atoms with Crippen LogP contribution in [0.25, 0.3) is 0 Å². The lowest BCUT2D eigenvalue weighted by Gasteiger charge is -2.20. The molecule has 1 aliphatic heterocycles. The van der Waals surface area contributed by atoms with E-state index in [1.807, 2.05) is 0 Å². The topological polar surface area (TPSA) is 75.6 Å². The summed E-state index contributed by atoms with van der Waals surface area (Å²) in [5, 5.41) is 11.7. The summed E-state index contributed by atoms with van der Waals surface area (Å²) in [7, 11) is 1.27. The van der Waals surface area contributed by atoms with Crippen LogP contribution in [0, 0.1) is 0 Å². The van der Waals surface area contributed by atoms with E-state index < -0.39 is 11.9 Å². The van der Waals surface area contributed by atoms with Gasteiger partial charge in [0.1, 0.15) is 0 Å². The van der Waals surface area contributed by atoms with Crippen molar-refractivity contribution in [3.05, 3.63) is 22.5 Å². The van der Waals surface area contributed by atoms with Gasteiger partial charge >= 0.3 is 11.9 Å². The predicted octanol–water partition coefficient (Wildman–Crippen LogP) is 0.785. The molecule has 15 heavy (non-hydrogen) atoms. The molecule has 0 aromatic heterocycles. The number of hydrogen-bond acceptors (Lipinski definition) is 4. The maximum Gasteiger partial charge on any atom is 0.335 e. The van der Waals surface area contributed by atoms with Crippen molar-refractivity contribution < 1.29 is 19.4 Å². The van der Waals surface area contributed by atoms with E-state index >= 15 is 0 Å². The van der Waals surface area contributed by atoms with Crippen molar-refractivity contribution in [1.29, 1.82) is 0 Å². The first-order chi connectivity index (χ1) is 6.97. The Labute approximate surface area is 87.4 Å². The quantitative estimate of drug-likeness (QED) is 0.660. The second kappa shape index (κ2) is 4.16. The Morgan fingerprint density at radius 2 is 1.80 bits per heavy atom. The number of carboxylic acid groups (broad SMARTS) is 1. The van der Waals surface area contributed by atoms with Crippen molar-refractivity contribution in [3.63, 3.8) is 0 Å². The van der Waals surface area contributed by atoms with Gasteiger partial charge in [0.15, 0.2) is 0 Å². The zero-order valence-electron chi connectivity index (χ0n) is 8.88. The van der Waals surface area contributed by atoms with Crippen molar-refractivity contribution in [1.82, 2.24) is 5.32 Å². The molecule has 0 saturated heterocycles. The van der Waals surface area contributed by atoms with Crippen LogP contribution in [0.1, 0.15) is 20.3 Å². The van der Waals surface area contributed by atoms with Crippen LogP contribution in [-0.2, 0) is 14.3 Å². The van der Waals surface area contributed by atoms with Crippen molar-refractivity contribution in [2.75, 3.05) is 7.11 Å². The van der Waals surface area contributed by atoms with Crippen LogP contribution in [0.5, 0.6) is 0 Å². The second-order valence-electron chi connectivity index (χ2n) is 3.31. The molecule has 0 radical (unpaired) electrons. The standard InChI is InChI=1S/C10H13NO4/c1-5-7(9(12)13)4-8(6(2)11-5)10(14)15-3/h11H,4H2,1-3H3,(H,12,13). The fraction of sp³-hybridized carbons (Fsp3) is 0.400. The molecule has 1 rings (SSSR count). The first-order valence-electron chi connectivity index (χ1n) is 4.45. The number of allylic oxidation sites excluding steroid dienone is 2. The number of carbonyl (C=O) groups excluding carboxylic acids is 1. The summed E-state index contributed by atoms with van der Waals surface area (Å²) < 4.78 is 4.57. The first kappa shape index (κ1) is 11.3. The largest absolute Gasteiger partial charge is 0.478 e. The predicted molar refractivity (Wildman–Crippen MR) is 52.8 cm³/mol. The first-order valence-corrected chi connectivity index (χ1v) is 4.45. The zero-order valence-corrected chi connectivity index (χ0v) is 8.88. The second-order valence-corrected chi connectivity index (χ2v) is 3.31. The SMILES string of the molecule is COC(=O)C1=C(C)NC(C)=C(C(=O)O)C1. The molecule has 0 aromatic rings. The molecule has 0 aliphatic carbocycles. The van der Waals surface area contributed by atoms with Crippen LogP contribution in [0.15, 0.2) is 22.5 Å². The summed E-state index contributed by atoms with van der Waals surface area (Å²) in [5.74, 6) is -1.51. The van der Waals surface area contributed by atoms with E-state index in [-0.39, 0.29) is 12.0 Å². The Morgan fingerprint density at radius 3 is 2.27 bits per heavy atom. The number of carboxylic acids is 1. The summed E-state index contributed by atoms with van der Waals surface area (Å²) in [6, 6.07) is 0. The van der Waals surface area contributed by atoms with Gasteiger partial charge in [-0.05, 0) is 13.8 Å². The molecular formula is C10H13NO4.